The van der Waals surface area contributed by atoms with Gasteiger partial charge in [-0.05, 0) is 73.2 Å². The number of carbonyl (C=O) groups excluding carboxylic acids is 2. The van der Waals surface area contributed by atoms with Crippen molar-refractivity contribution in [3.05, 3.63) is 119 Å². The third-order valence-electron chi connectivity index (χ3n) is 8.29. The van der Waals surface area contributed by atoms with E-state index in [2.05, 4.69) is 74.4 Å². The van der Waals surface area contributed by atoms with Gasteiger partial charge in [0.25, 0.3) is 5.91 Å². The van der Waals surface area contributed by atoms with Crippen molar-refractivity contribution in [1.29, 1.82) is 0 Å². The second-order valence-corrected chi connectivity index (χ2v) is 12.0. The molecular formula is C38H39N3O3. The van der Waals surface area contributed by atoms with Crippen molar-refractivity contribution in [2.24, 2.45) is 5.92 Å². The summed E-state index contributed by atoms with van der Waals surface area (Å²) in [5.74, 6) is 0.600. The van der Waals surface area contributed by atoms with Gasteiger partial charge in [0, 0.05) is 27.7 Å². The molecule has 44 heavy (non-hydrogen) atoms. The smallest absolute Gasteiger partial charge is 0.255 e. The fourth-order valence-electron chi connectivity index (χ4n) is 6.22. The summed E-state index contributed by atoms with van der Waals surface area (Å²) in [6, 6.07) is 30.7. The number of benzene rings is 4. The van der Waals surface area contributed by atoms with Gasteiger partial charge in [0.05, 0.1) is 18.3 Å². The van der Waals surface area contributed by atoms with Gasteiger partial charge in [0.2, 0.25) is 5.91 Å². The fraction of sp³-hybridized carbons (Fsp3) is 0.263. The molecule has 2 atom stereocenters. The van der Waals surface area contributed by atoms with Crippen molar-refractivity contribution in [3.8, 4) is 17.0 Å². The van der Waals surface area contributed by atoms with Gasteiger partial charge < -0.3 is 19.9 Å². The van der Waals surface area contributed by atoms with Crippen molar-refractivity contribution >= 4 is 28.4 Å². The molecule has 0 fully saturated rings. The highest BCUT2D eigenvalue weighted by Crippen LogP contribution is 2.47. The maximum atomic E-state index is 14.4. The molecule has 2 amide bonds. The Morgan fingerprint density at radius 3 is 2.36 bits per heavy atom. The van der Waals surface area contributed by atoms with Gasteiger partial charge in [-0.1, -0.05) is 87.0 Å². The third-order valence-corrected chi connectivity index (χ3v) is 8.29. The summed E-state index contributed by atoms with van der Waals surface area (Å²) in [5.41, 5.74) is 7.37. The Kier molecular flexibility index (Phi) is 8.25. The highest BCUT2D eigenvalue weighted by molar-refractivity contribution is 6.06. The summed E-state index contributed by atoms with van der Waals surface area (Å²) in [6.45, 7) is 8.96. The number of para-hydroxylation sites is 1. The quantitative estimate of drug-likeness (QED) is 0.173. The number of aromatic nitrogens is 1. The Hall–Kier alpha value is -4.84. The zero-order valence-electron chi connectivity index (χ0n) is 25.8. The first-order chi connectivity index (χ1) is 21.4. The molecule has 0 radical (unpaired) electrons. The number of ether oxygens (including phenoxy) is 1. The van der Waals surface area contributed by atoms with Crippen LogP contribution in [0.1, 0.15) is 66.7 Å². The molecule has 6 rings (SSSR count). The molecule has 0 saturated heterocycles. The number of nitrogens with zero attached hydrogens (tertiary/aromatic N) is 1. The van der Waals surface area contributed by atoms with Crippen molar-refractivity contribution in [2.75, 3.05) is 11.9 Å². The maximum absolute atomic E-state index is 14.4. The van der Waals surface area contributed by atoms with Crippen molar-refractivity contribution < 1.29 is 14.3 Å². The molecule has 6 nitrogen and oxygen atoms in total. The normalized spacial score (nSPS) is 15.1. The van der Waals surface area contributed by atoms with Gasteiger partial charge in [-0.2, -0.15) is 0 Å². The Balaban J connectivity index is 1.47. The molecule has 2 heterocycles. The highest BCUT2D eigenvalue weighted by atomic mass is 16.5. The molecule has 0 spiro atoms. The van der Waals surface area contributed by atoms with Gasteiger partial charge >= 0.3 is 0 Å². The minimum atomic E-state index is -0.699. The number of amides is 2. The predicted octanol–water partition coefficient (Wildman–Crippen LogP) is 8.53. The van der Waals surface area contributed by atoms with Crippen LogP contribution in [0, 0.1) is 12.8 Å². The molecule has 1 aromatic heterocycles. The van der Waals surface area contributed by atoms with Crippen LogP contribution in [0.15, 0.2) is 97.1 Å². The Bertz CT molecular complexity index is 1790. The Morgan fingerprint density at radius 2 is 1.64 bits per heavy atom. The lowest BCUT2D eigenvalue weighted by atomic mass is 9.91. The average molecular weight is 586 g/mol. The van der Waals surface area contributed by atoms with E-state index in [0.29, 0.717) is 24.3 Å². The molecule has 1 aliphatic heterocycles. The zero-order valence-corrected chi connectivity index (χ0v) is 25.8. The highest BCUT2D eigenvalue weighted by Gasteiger charge is 2.45. The van der Waals surface area contributed by atoms with Crippen LogP contribution in [0.2, 0.25) is 0 Å². The fourth-order valence-corrected chi connectivity index (χ4v) is 6.22. The molecule has 1 aliphatic rings. The monoisotopic (exact) mass is 585 g/mol. The van der Waals surface area contributed by atoms with Gasteiger partial charge in [-0.25, -0.2) is 0 Å². The number of rotatable bonds is 10. The number of hydrogen-bond donors (Lipinski definition) is 2. The molecule has 2 unspecified atom stereocenters. The number of nitrogens with one attached hydrogen (secondary N) is 2. The lowest BCUT2D eigenvalue weighted by Crippen LogP contribution is -2.47. The number of aromatic amines is 1. The number of aryl methyl sites for hydroxylation is 1. The minimum Gasteiger partial charge on any atom is -0.494 e. The largest absolute Gasteiger partial charge is 0.494 e. The molecule has 4 aromatic carbocycles. The van der Waals surface area contributed by atoms with E-state index in [4.69, 9.17) is 4.74 Å². The first-order valence-corrected chi connectivity index (χ1v) is 15.5. The lowest BCUT2D eigenvalue weighted by molar-refractivity contribution is -0.121. The number of H-pyrrole nitrogens is 1. The van der Waals surface area contributed by atoms with E-state index in [1.54, 1.807) is 0 Å². The van der Waals surface area contributed by atoms with Crippen LogP contribution in [-0.2, 0) is 4.79 Å². The summed E-state index contributed by atoms with van der Waals surface area (Å²) < 4.78 is 5.72. The molecule has 224 valence electrons. The summed E-state index contributed by atoms with van der Waals surface area (Å²) in [6.07, 6.45) is 1.44. The summed E-state index contributed by atoms with van der Waals surface area (Å²) in [4.78, 5) is 34.1. The molecular weight excluding hydrogens is 546 g/mol. The maximum Gasteiger partial charge on any atom is 0.255 e. The van der Waals surface area contributed by atoms with E-state index in [1.807, 2.05) is 65.6 Å². The van der Waals surface area contributed by atoms with Crippen LogP contribution in [0.3, 0.4) is 0 Å². The van der Waals surface area contributed by atoms with Crippen LogP contribution in [0.5, 0.6) is 5.75 Å². The molecule has 2 N–H and O–H groups in total. The summed E-state index contributed by atoms with van der Waals surface area (Å²) in [7, 11) is 0. The van der Waals surface area contributed by atoms with Crippen LogP contribution in [0.4, 0.5) is 5.69 Å². The SMILES string of the molecule is CCCOc1ccc(NC(=O)C(CC(C)C)N2C(=O)c3ccccc3C2c2c(-c3ccc(C)cc3)[nH]c3ccccc23)cc1. The molecule has 0 bridgehead atoms. The summed E-state index contributed by atoms with van der Waals surface area (Å²) in [5, 5.41) is 4.15. The van der Waals surface area contributed by atoms with E-state index in [1.165, 1.54) is 5.56 Å². The lowest BCUT2D eigenvalue weighted by Gasteiger charge is -2.34. The van der Waals surface area contributed by atoms with Crippen molar-refractivity contribution in [2.45, 2.75) is 52.6 Å². The second-order valence-electron chi connectivity index (χ2n) is 12.0. The minimum absolute atomic E-state index is 0.130. The molecule has 6 heteroatoms. The first kappa shape index (κ1) is 29.2. The Labute approximate surface area is 259 Å². The average Bonchev–Trinajstić information content (AvgIpc) is 3.54. The Morgan fingerprint density at radius 1 is 0.932 bits per heavy atom. The number of hydrogen-bond acceptors (Lipinski definition) is 3. The van der Waals surface area contributed by atoms with E-state index >= 15 is 0 Å². The van der Waals surface area contributed by atoms with Gasteiger partial charge in [-0.15, -0.1) is 0 Å². The van der Waals surface area contributed by atoms with E-state index in [9.17, 15) is 9.59 Å². The van der Waals surface area contributed by atoms with E-state index in [-0.39, 0.29) is 17.7 Å². The first-order valence-electron chi connectivity index (χ1n) is 15.5. The van der Waals surface area contributed by atoms with Crippen molar-refractivity contribution in [1.82, 2.24) is 9.88 Å². The van der Waals surface area contributed by atoms with Gasteiger partial charge in [0.1, 0.15) is 11.8 Å². The van der Waals surface area contributed by atoms with E-state index < -0.39 is 12.1 Å². The number of fused-ring (bicyclic) bond motifs is 2. The van der Waals surface area contributed by atoms with Crippen LogP contribution in [0.25, 0.3) is 22.2 Å². The second kappa shape index (κ2) is 12.4. The summed E-state index contributed by atoms with van der Waals surface area (Å²) >= 11 is 0. The van der Waals surface area contributed by atoms with Gasteiger partial charge in [-0.3, -0.25) is 9.59 Å². The van der Waals surface area contributed by atoms with Crippen LogP contribution in [-0.4, -0.2) is 34.3 Å². The number of anilines is 1. The molecule has 0 saturated carbocycles. The van der Waals surface area contributed by atoms with Crippen LogP contribution >= 0.6 is 0 Å². The van der Waals surface area contributed by atoms with Crippen LogP contribution < -0.4 is 10.1 Å². The standard InChI is InChI=1S/C38H39N3O3/c1-5-22-44-28-20-18-27(19-21-28)39-37(42)33(23-24(2)3)41-36(29-10-6-7-11-30(29)38(41)43)34-31-12-8-9-13-32(31)40-35(34)26-16-14-25(4)15-17-26/h6-21,24,33,36,40H,5,22-23H2,1-4H3,(H,39,42). The van der Waals surface area contributed by atoms with Gasteiger partial charge in [0.15, 0.2) is 0 Å². The topological polar surface area (TPSA) is 74.4 Å². The van der Waals surface area contributed by atoms with E-state index in [0.717, 1.165) is 45.5 Å². The molecule has 5 aromatic rings. The number of carbonyl (C=O) groups is 2. The molecule has 0 aliphatic carbocycles. The van der Waals surface area contributed by atoms with Crippen molar-refractivity contribution in [3.63, 3.8) is 0 Å². The third kappa shape index (κ3) is 5.60. The zero-order chi connectivity index (χ0) is 30.8. The predicted molar refractivity (Wildman–Crippen MR) is 177 cm³/mol.